The molecule has 0 heterocycles. The first-order valence-corrected chi connectivity index (χ1v) is 8.78. The molecule has 3 atom stereocenters. The van der Waals surface area contributed by atoms with E-state index in [1.807, 2.05) is 6.92 Å². The minimum absolute atomic E-state index is 0.0321. The van der Waals surface area contributed by atoms with Crippen LogP contribution >= 0.6 is 0 Å². The first kappa shape index (κ1) is 23.9. The van der Waals surface area contributed by atoms with Crippen molar-refractivity contribution in [1.82, 2.24) is 5.32 Å². The monoisotopic (exact) mass is 373 g/mol. The third-order valence-corrected chi connectivity index (χ3v) is 3.48. The van der Waals surface area contributed by atoms with Crippen LogP contribution in [0.4, 0.5) is 4.79 Å². The van der Waals surface area contributed by atoms with Crippen LogP contribution in [0.25, 0.3) is 0 Å². The van der Waals surface area contributed by atoms with Gasteiger partial charge in [0.2, 0.25) is 0 Å². The summed E-state index contributed by atoms with van der Waals surface area (Å²) >= 11 is 0. The molecule has 0 aliphatic rings. The first-order chi connectivity index (χ1) is 12.1. The quantitative estimate of drug-likeness (QED) is 0.233. The van der Waals surface area contributed by atoms with Crippen LogP contribution in [-0.4, -0.2) is 54.6 Å². The normalized spacial score (nSPS) is 13.9. The maximum atomic E-state index is 11.7. The fourth-order valence-electron chi connectivity index (χ4n) is 2.17. The lowest BCUT2D eigenvalue weighted by Crippen LogP contribution is -2.32. The molecule has 0 saturated heterocycles. The lowest BCUT2D eigenvalue weighted by molar-refractivity contribution is -0.146. The highest BCUT2D eigenvalue weighted by atomic mass is 16.6. The van der Waals surface area contributed by atoms with Gasteiger partial charge in [-0.05, 0) is 33.1 Å². The summed E-state index contributed by atoms with van der Waals surface area (Å²) in [7, 11) is 0. The largest absolute Gasteiger partial charge is 0.463 e. The zero-order chi connectivity index (χ0) is 20.1. The zero-order valence-corrected chi connectivity index (χ0v) is 16.1. The number of hydrogen-bond donors (Lipinski definition) is 2. The van der Waals surface area contributed by atoms with E-state index in [9.17, 15) is 19.5 Å². The fourth-order valence-corrected chi connectivity index (χ4v) is 2.17. The van der Waals surface area contributed by atoms with Crippen LogP contribution in [0, 0.1) is 0 Å². The van der Waals surface area contributed by atoms with Crippen molar-refractivity contribution in [3.8, 4) is 0 Å². The second-order valence-electron chi connectivity index (χ2n) is 6.17. The van der Waals surface area contributed by atoms with Crippen LogP contribution in [0.1, 0.15) is 53.4 Å². The van der Waals surface area contributed by atoms with Crippen molar-refractivity contribution < 1.29 is 33.7 Å². The predicted octanol–water partition coefficient (Wildman–Crippen LogP) is 2.09. The van der Waals surface area contributed by atoms with Crippen molar-refractivity contribution in [3.63, 3.8) is 0 Å². The van der Waals surface area contributed by atoms with Crippen molar-refractivity contribution in [2.24, 2.45) is 0 Å². The van der Waals surface area contributed by atoms with Crippen molar-refractivity contribution in [2.45, 2.75) is 71.7 Å². The van der Waals surface area contributed by atoms with Gasteiger partial charge in [-0.25, -0.2) is 9.59 Å². The summed E-state index contributed by atoms with van der Waals surface area (Å²) in [5.74, 6) is -0.895. The second-order valence-corrected chi connectivity index (χ2v) is 6.17. The van der Waals surface area contributed by atoms with Crippen molar-refractivity contribution in [2.75, 3.05) is 13.2 Å². The van der Waals surface area contributed by atoms with E-state index in [1.165, 1.54) is 13.8 Å². The fraction of sp³-hybridized carbons (Fsp3) is 0.722. The molecule has 0 aliphatic carbocycles. The van der Waals surface area contributed by atoms with E-state index in [0.717, 1.165) is 0 Å². The van der Waals surface area contributed by atoms with Gasteiger partial charge < -0.3 is 24.6 Å². The summed E-state index contributed by atoms with van der Waals surface area (Å²) in [4.78, 5) is 33.8. The van der Waals surface area contributed by atoms with E-state index in [0.29, 0.717) is 31.3 Å². The number of esters is 2. The maximum Gasteiger partial charge on any atom is 0.407 e. The maximum absolute atomic E-state index is 11.7. The molecule has 0 rings (SSSR count). The molecule has 8 heteroatoms. The molecule has 0 bridgehead atoms. The molecule has 26 heavy (non-hydrogen) atoms. The molecule has 0 radical (unpaired) electrons. The molecule has 0 aromatic carbocycles. The van der Waals surface area contributed by atoms with E-state index < -0.39 is 18.2 Å². The Kier molecular flexibility index (Phi) is 12.1. The molecule has 0 aromatic rings. The second kappa shape index (κ2) is 13.2. The molecular weight excluding hydrogens is 342 g/mol. The number of aliphatic hydroxyl groups excluding tert-OH is 1. The average molecular weight is 373 g/mol. The Labute approximate surface area is 154 Å². The van der Waals surface area contributed by atoms with Gasteiger partial charge in [-0.1, -0.05) is 13.5 Å². The summed E-state index contributed by atoms with van der Waals surface area (Å²) in [5.41, 5.74) is 0.292. The van der Waals surface area contributed by atoms with Crippen molar-refractivity contribution >= 4 is 18.0 Å². The van der Waals surface area contributed by atoms with Gasteiger partial charge in [0, 0.05) is 18.9 Å². The third kappa shape index (κ3) is 12.3. The Hall–Kier alpha value is -2.09. The molecule has 0 aliphatic heterocycles. The van der Waals surface area contributed by atoms with Crippen LogP contribution in [-0.2, 0) is 23.8 Å². The zero-order valence-electron chi connectivity index (χ0n) is 16.1. The van der Waals surface area contributed by atoms with Crippen LogP contribution < -0.4 is 5.32 Å². The van der Waals surface area contributed by atoms with Crippen molar-refractivity contribution in [1.29, 1.82) is 0 Å². The SMILES string of the molecule is C=C(C)C(=O)OCCNC(=O)OC(CC)CCC(O)CC(C)OC(C)=O. The molecule has 8 nitrogen and oxygen atoms in total. The molecule has 0 spiro atoms. The molecule has 2 N–H and O–H groups in total. The number of amides is 1. The van der Waals surface area contributed by atoms with E-state index in [2.05, 4.69) is 11.9 Å². The Balaban J connectivity index is 4.02. The Morgan fingerprint density at radius 1 is 1.15 bits per heavy atom. The molecule has 0 saturated carbocycles. The Bertz CT molecular complexity index is 478. The van der Waals surface area contributed by atoms with Gasteiger partial charge in [0.1, 0.15) is 18.8 Å². The van der Waals surface area contributed by atoms with E-state index in [1.54, 1.807) is 6.92 Å². The lowest BCUT2D eigenvalue weighted by atomic mass is 10.0. The van der Waals surface area contributed by atoms with E-state index in [4.69, 9.17) is 14.2 Å². The topological polar surface area (TPSA) is 111 Å². The number of nitrogens with one attached hydrogen (secondary N) is 1. The molecule has 0 fully saturated rings. The number of carbonyl (C=O) groups is 3. The highest BCUT2D eigenvalue weighted by molar-refractivity contribution is 5.86. The third-order valence-electron chi connectivity index (χ3n) is 3.48. The van der Waals surface area contributed by atoms with Gasteiger partial charge in [0.15, 0.2) is 0 Å². The van der Waals surface area contributed by atoms with Gasteiger partial charge in [0.25, 0.3) is 0 Å². The number of alkyl carbamates (subject to hydrolysis) is 1. The van der Waals surface area contributed by atoms with Gasteiger partial charge in [0.05, 0.1) is 12.6 Å². The smallest absolute Gasteiger partial charge is 0.407 e. The first-order valence-electron chi connectivity index (χ1n) is 8.78. The number of ether oxygens (including phenoxy) is 3. The number of aliphatic hydroxyl groups is 1. The molecule has 3 unspecified atom stereocenters. The van der Waals surface area contributed by atoms with Gasteiger partial charge in [-0.3, -0.25) is 4.79 Å². The average Bonchev–Trinajstić information content (AvgIpc) is 2.54. The minimum atomic E-state index is -0.647. The summed E-state index contributed by atoms with van der Waals surface area (Å²) < 4.78 is 15.1. The van der Waals surface area contributed by atoms with Crippen LogP contribution in [0.5, 0.6) is 0 Å². The molecule has 0 aromatic heterocycles. The van der Waals surface area contributed by atoms with E-state index >= 15 is 0 Å². The van der Waals surface area contributed by atoms with E-state index in [-0.39, 0.29) is 31.3 Å². The molecular formula is C18H31NO7. The summed E-state index contributed by atoms with van der Waals surface area (Å²) in [6.07, 6.45) is -0.116. The van der Waals surface area contributed by atoms with Crippen LogP contribution in [0.15, 0.2) is 12.2 Å². The number of hydrogen-bond acceptors (Lipinski definition) is 7. The Morgan fingerprint density at radius 2 is 1.81 bits per heavy atom. The minimum Gasteiger partial charge on any atom is -0.463 e. The van der Waals surface area contributed by atoms with Gasteiger partial charge in [-0.15, -0.1) is 0 Å². The highest BCUT2D eigenvalue weighted by Gasteiger charge is 2.17. The van der Waals surface area contributed by atoms with Crippen molar-refractivity contribution in [3.05, 3.63) is 12.2 Å². The van der Waals surface area contributed by atoms with Crippen LogP contribution in [0.3, 0.4) is 0 Å². The Morgan fingerprint density at radius 3 is 2.35 bits per heavy atom. The molecule has 1 amide bonds. The highest BCUT2D eigenvalue weighted by Crippen LogP contribution is 2.13. The predicted molar refractivity (Wildman–Crippen MR) is 95.4 cm³/mol. The number of carbonyl (C=O) groups excluding carboxylic acids is 3. The summed E-state index contributed by atoms with van der Waals surface area (Å²) in [5, 5.41) is 12.5. The lowest BCUT2D eigenvalue weighted by Gasteiger charge is -2.20. The summed E-state index contributed by atoms with van der Waals surface area (Å²) in [6, 6.07) is 0. The van der Waals surface area contributed by atoms with Gasteiger partial charge in [-0.2, -0.15) is 0 Å². The van der Waals surface area contributed by atoms with Crippen LogP contribution in [0.2, 0.25) is 0 Å². The van der Waals surface area contributed by atoms with Gasteiger partial charge >= 0.3 is 18.0 Å². The number of rotatable bonds is 12. The molecule has 150 valence electrons. The standard InChI is InChI=1S/C18H31NO7/c1-6-16(8-7-15(21)11-13(4)25-14(5)20)26-18(23)19-9-10-24-17(22)12(2)3/h13,15-16,21H,2,6-11H2,1,3-5H3,(H,19,23). The summed E-state index contributed by atoms with van der Waals surface area (Å²) in [6.45, 7) is 10.1.